The van der Waals surface area contributed by atoms with Gasteiger partial charge >= 0.3 is 0 Å². The summed E-state index contributed by atoms with van der Waals surface area (Å²) in [6, 6.07) is 7.87. The number of nitrogens with one attached hydrogen (secondary N) is 1. The van der Waals surface area contributed by atoms with Crippen LogP contribution in [0.5, 0.6) is 0 Å². The summed E-state index contributed by atoms with van der Waals surface area (Å²) in [5, 5.41) is 3.08. The fourth-order valence-corrected chi connectivity index (χ4v) is 1.54. The molecule has 0 amide bonds. The van der Waals surface area contributed by atoms with Crippen molar-refractivity contribution in [2.45, 2.75) is 0 Å². The topological polar surface area (TPSA) is 89.8 Å². The number of nitrogens with two attached hydrogens (primary N) is 2. The number of aromatic nitrogens is 2. The Morgan fingerprint density at radius 1 is 1.06 bits per heavy atom. The van der Waals surface area contributed by atoms with Gasteiger partial charge in [0.2, 0.25) is 0 Å². The molecule has 1 aromatic carbocycles. The Morgan fingerprint density at radius 2 is 1.75 bits per heavy atom. The molecule has 0 fully saturated rings. The highest BCUT2D eigenvalue weighted by atomic mass is 127. The second-order valence-corrected chi connectivity index (χ2v) is 4.40. The van der Waals surface area contributed by atoms with Crippen LogP contribution in [-0.2, 0) is 0 Å². The van der Waals surface area contributed by atoms with Crippen molar-refractivity contribution in [2.24, 2.45) is 0 Å². The van der Waals surface area contributed by atoms with Crippen LogP contribution in [0.25, 0.3) is 0 Å². The maximum Gasteiger partial charge on any atom is 0.159 e. The molecular weight excluding hydrogens is 317 g/mol. The maximum absolute atomic E-state index is 5.75. The van der Waals surface area contributed by atoms with Crippen LogP contribution in [0, 0.1) is 3.57 Å². The van der Waals surface area contributed by atoms with Crippen LogP contribution in [0.4, 0.5) is 23.0 Å². The lowest BCUT2D eigenvalue weighted by atomic mass is 10.3. The van der Waals surface area contributed by atoms with E-state index in [0.717, 1.165) is 5.69 Å². The van der Waals surface area contributed by atoms with Crippen molar-refractivity contribution < 1.29 is 0 Å². The molecule has 0 saturated heterocycles. The number of hydrogen-bond donors (Lipinski definition) is 3. The number of benzene rings is 1. The third-order valence-electron chi connectivity index (χ3n) is 2.02. The van der Waals surface area contributed by atoms with Gasteiger partial charge in [-0.2, -0.15) is 0 Å². The molecule has 0 aliphatic heterocycles. The van der Waals surface area contributed by atoms with Gasteiger partial charge in [-0.15, -0.1) is 0 Å². The van der Waals surface area contributed by atoms with E-state index in [2.05, 4.69) is 37.9 Å². The Balaban J connectivity index is 2.27. The summed E-state index contributed by atoms with van der Waals surface area (Å²) >= 11 is 2.24. The molecule has 0 unspecified atom stereocenters. The average Bonchev–Trinajstić information content (AvgIpc) is 2.28. The molecule has 2 aromatic rings. The molecule has 6 heteroatoms. The first-order valence-corrected chi connectivity index (χ1v) is 5.63. The Hall–Kier alpha value is -1.57. The fraction of sp³-hybridized carbons (Fsp3) is 0. The summed E-state index contributed by atoms with van der Waals surface area (Å²) in [5.74, 6) is 0.803. The first-order valence-electron chi connectivity index (χ1n) is 4.55. The molecule has 0 aliphatic rings. The zero-order valence-corrected chi connectivity index (χ0v) is 10.5. The van der Waals surface area contributed by atoms with Crippen molar-refractivity contribution in [3.05, 3.63) is 34.2 Å². The van der Waals surface area contributed by atoms with Gasteiger partial charge in [-0.1, -0.05) is 0 Å². The smallest absolute Gasteiger partial charge is 0.159 e. The standard InChI is InChI=1S/C10H10IN5/c11-6-1-3-7(4-2-6)16-10-8(12)9(13)14-5-15-10/h1-5H,12H2,(H3,13,14,15,16). The molecule has 0 saturated carbocycles. The van der Waals surface area contributed by atoms with Crippen LogP contribution in [-0.4, -0.2) is 9.97 Å². The predicted molar refractivity (Wildman–Crippen MR) is 73.3 cm³/mol. The Labute approximate surface area is 106 Å². The molecule has 0 aliphatic carbocycles. The zero-order chi connectivity index (χ0) is 11.5. The number of halogens is 1. The highest BCUT2D eigenvalue weighted by Crippen LogP contribution is 2.23. The zero-order valence-electron chi connectivity index (χ0n) is 8.31. The van der Waals surface area contributed by atoms with Crippen molar-refractivity contribution in [3.63, 3.8) is 0 Å². The normalized spacial score (nSPS) is 10.1. The molecule has 0 atom stereocenters. The molecule has 1 heterocycles. The van der Waals surface area contributed by atoms with E-state index in [1.165, 1.54) is 9.90 Å². The van der Waals surface area contributed by atoms with E-state index in [1.54, 1.807) is 0 Å². The second-order valence-electron chi connectivity index (χ2n) is 3.15. The van der Waals surface area contributed by atoms with Crippen LogP contribution in [0.2, 0.25) is 0 Å². The molecule has 16 heavy (non-hydrogen) atoms. The number of nitrogen functional groups attached to an aromatic ring is 2. The van der Waals surface area contributed by atoms with E-state index in [9.17, 15) is 0 Å². The maximum atomic E-state index is 5.75. The Bertz CT molecular complexity index is 497. The van der Waals surface area contributed by atoms with Crippen LogP contribution < -0.4 is 16.8 Å². The molecular formula is C10H10IN5. The molecule has 5 nitrogen and oxygen atoms in total. The Morgan fingerprint density at radius 3 is 2.44 bits per heavy atom. The second kappa shape index (κ2) is 4.52. The van der Waals surface area contributed by atoms with Crippen LogP contribution in [0.15, 0.2) is 30.6 Å². The molecule has 0 bridgehead atoms. The van der Waals surface area contributed by atoms with Gasteiger partial charge in [0.05, 0.1) is 0 Å². The van der Waals surface area contributed by atoms with Gasteiger partial charge in [-0.3, -0.25) is 0 Å². The number of nitrogens with zero attached hydrogens (tertiary/aromatic N) is 2. The van der Waals surface area contributed by atoms with Gasteiger partial charge in [0.15, 0.2) is 11.6 Å². The van der Waals surface area contributed by atoms with Gasteiger partial charge in [0, 0.05) is 9.26 Å². The van der Waals surface area contributed by atoms with E-state index in [0.29, 0.717) is 11.5 Å². The highest BCUT2D eigenvalue weighted by molar-refractivity contribution is 14.1. The van der Waals surface area contributed by atoms with Crippen molar-refractivity contribution >= 4 is 45.6 Å². The lowest BCUT2D eigenvalue weighted by molar-refractivity contribution is 1.18. The molecule has 0 radical (unpaired) electrons. The largest absolute Gasteiger partial charge is 0.393 e. The molecule has 5 N–H and O–H groups in total. The van der Waals surface area contributed by atoms with Crippen molar-refractivity contribution in [1.82, 2.24) is 9.97 Å². The van der Waals surface area contributed by atoms with Gasteiger partial charge in [0.25, 0.3) is 0 Å². The van der Waals surface area contributed by atoms with E-state index >= 15 is 0 Å². The number of anilines is 4. The Kier molecular flexibility index (Phi) is 3.09. The van der Waals surface area contributed by atoms with Crippen LogP contribution >= 0.6 is 22.6 Å². The lowest BCUT2D eigenvalue weighted by Gasteiger charge is -2.08. The molecule has 82 valence electrons. The monoisotopic (exact) mass is 327 g/mol. The van der Waals surface area contributed by atoms with Gasteiger partial charge in [-0.25, -0.2) is 9.97 Å². The lowest BCUT2D eigenvalue weighted by Crippen LogP contribution is -2.04. The minimum Gasteiger partial charge on any atom is -0.393 e. The van der Waals surface area contributed by atoms with Crippen molar-refractivity contribution in [1.29, 1.82) is 0 Å². The van der Waals surface area contributed by atoms with E-state index in [1.807, 2.05) is 24.3 Å². The van der Waals surface area contributed by atoms with Crippen LogP contribution in [0.1, 0.15) is 0 Å². The van der Waals surface area contributed by atoms with Crippen molar-refractivity contribution in [2.75, 3.05) is 16.8 Å². The minimum atomic E-state index is 0.281. The summed E-state index contributed by atoms with van der Waals surface area (Å²) in [5.41, 5.74) is 12.6. The first-order chi connectivity index (χ1) is 7.66. The predicted octanol–water partition coefficient (Wildman–Crippen LogP) is 1.99. The molecule has 2 rings (SSSR count). The summed E-state index contributed by atoms with van der Waals surface area (Å²) in [4.78, 5) is 7.82. The third kappa shape index (κ3) is 2.32. The fourth-order valence-electron chi connectivity index (χ4n) is 1.18. The number of hydrogen-bond acceptors (Lipinski definition) is 5. The average molecular weight is 327 g/mol. The SMILES string of the molecule is Nc1ncnc(Nc2ccc(I)cc2)c1N. The van der Waals surface area contributed by atoms with Gasteiger partial charge in [0.1, 0.15) is 12.0 Å². The first kappa shape index (κ1) is 10.9. The summed E-state index contributed by atoms with van der Waals surface area (Å²) in [6.45, 7) is 0. The quantitative estimate of drug-likeness (QED) is 0.734. The summed E-state index contributed by atoms with van der Waals surface area (Å²) in [7, 11) is 0. The molecule has 0 spiro atoms. The molecule has 1 aromatic heterocycles. The van der Waals surface area contributed by atoms with E-state index in [-0.39, 0.29) is 5.82 Å². The summed E-state index contributed by atoms with van der Waals surface area (Å²) in [6.07, 6.45) is 1.38. The van der Waals surface area contributed by atoms with E-state index in [4.69, 9.17) is 11.5 Å². The highest BCUT2D eigenvalue weighted by Gasteiger charge is 2.04. The van der Waals surface area contributed by atoms with E-state index < -0.39 is 0 Å². The summed E-state index contributed by atoms with van der Waals surface area (Å²) < 4.78 is 1.17. The number of rotatable bonds is 2. The van der Waals surface area contributed by atoms with Gasteiger partial charge < -0.3 is 16.8 Å². The van der Waals surface area contributed by atoms with Crippen LogP contribution in [0.3, 0.4) is 0 Å². The van der Waals surface area contributed by atoms with Crippen molar-refractivity contribution in [3.8, 4) is 0 Å². The van der Waals surface area contributed by atoms with Gasteiger partial charge in [-0.05, 0) is 46.9 Å². The minimum absolute atomic E-state index is 0.281. The third-order valence-corrected chi connectivity index (χ3v) is 2.74.